The number of amides is 3. The third kappa shape index (κ3) is 4.46. The molecule has 3 amide bonds. The highest BCUT2D eigenvalue weighted by Crippen LogP contribution is 2.39. The van der Waals surface area contributed by atoms with E-state index in [1.165, 1.54) is 23.2 Å². The van der Waals surface area contributed by atoms with Crippen LogP contribution < -0.4 is 10.6 Å². The van der Waals surface area contributed by atoms with Gasteiger partial charge in [-0.1, -0.05) is 47.5 Å². The van der Waals surface area contributed by atoms with Crippen LogP contribution in [0.1, 0.15) is 34.6 Å². The number of benzene rings is 1. The molecule has 0 radical (unpaired) electrons. The van der Waals surface area contributed by atoms with E-state index < -0.39 is 36.5 Å². The van der Waals surface area contributed by atoms with Crippen molar-refractivity contribution in [1.82, 2.24) is 20.5 Å². The highest BCUT2D eigenvalue weighted by Gasteiger charge is 2.39. The van der Waals surface area contributed by atoms with E-state index in [0.717, 1.165) is 15.8 Å². The molecule has 0 aliphatic heterocycles. The van der Waals surface area contributed by atoms with Gasteiger partial charge in [-0.2, -0.15) is 0 Å². The first-order valence-corrected chi connectivity index (χ1v) is 11.8. The quantitative estimate of drug-likeness (QED) is 0.409. The van der Waals surface area contributed by atoms with E-state index in [1.807, 2.05) is 24.3 Å². The minimum absolute atomic E-state index is 0.338. The van der Waals surface area contributed by atoms with Gasteiger partial charge in [0.2, 0.25) is 11.8 Å². The maximum Gasteiger partial charge on any atom is 0.268 e. The first-order chi connectivity index (χ1) is 15.7. The van der Waals surface area contributed by atoms with Crippen molar-refractivity contribution in [2.45, 2.75) is 31.5 Å². The Morgan fingerprint density at radius 3 is 2.70 bits per heavy atom. The van der Waals surface area contributed by atoms with Gasteiger partial charge in [-0.05, 0) is 23.6 Å². The Balaban J connectivity index is 1.60. The topological polar surface area (TPSA) is 115 Å². The van der Waals surface area contributed by atoms with Crippen molar-refractivity contribution in [2.75, 3.05) is 13.7 Å². The first-order valence-electron chi connectivity index (χ1n) is 10.2. The second-order valence-electron chi connectivity index (χ2n) is 7.92. The SMILES string of the molecule is CC(=O)N[C@@H](CO)C(=O)N(C)[C@@H]1c2ccccc2C[C@H]1NC(=O)c1cc2sc(Cl)c(Cl)c2[nH]1. The molecule has 3 aromatic rings. The Morgan fingerprint density at radius 2 is 2.03 bits per heavy atom. The van der Waals surface area contributed by atoms with Crippen LogP contribution in [0.5, 0.6) is 0 Å². The van der Waals surface area contributed by atoms with Crippen molar-refractivity contribution in [2.24, 2.45) is 0 Å². The van der Waals surface area contributed by atoms with Crippen molar-refractivity contribution in [3.8, 4) is 0 Å². The Labute approximate surface area is 203 Å². The average Bonchev–Trinajstić information content (AvgIpc) is 3.43. The van der Waals surface area contributed by atoms with Crippen LogP contribution in [0.2, 0.25) is 9.36 Å². The van der Waals surface area contributed by atoms with E-state index in [9.17, 15) is 19.5 Å². The van der Waals surface area contributed by atoms with Crippen LogP contribution >= 0.6 is 34.5 Å². The summed E-state index contributed by atoms with van der Waals surface area (Å²) in [4.78, 5) is 42.1. The van der Waals surface area contributed by atoms with Crippen molar-refractivity contribution in [3.05, 3.63) is 56.5 Å². The Kier molecular flexibility index (Phi) is 6.67. The molecule has 4 N–H and O–H groups in total. The van der Waals surface area contributed by atoms with Gasteiger partial charge in [0.15, 0.2) is 0 Å². The fraction of sp³-hybridized carbons (Fsp3) is 0.318. The van der Waals surface area contributed by atoms with Crippen molar-refractivity contribution in [1.29, 1.82) is 0 Å². The van der Waals surface area contributed by atoms with Crippen molar-refractivity contribution < 1.29 is 19.5 Å². The fourth-order valence-corrected chi connectivity index (χ4v) is 5.76. The number of carbonyl (C=O) groups excluding carboxylic acids is 3. The van der Waals surface area contributed by atoms with Crippen LogP contribution in [0.25, 0.3) is 10.2 Å². The van der Waals surface area contributed by atoms with Gasteiger partial charge in [0, 0.05) is 14.0 Å². The second-order valence-corrected chi connectivity index (χ2v) is 9.96. The third-order valence-corrected chi connectivity index (χ3v) is 7.68. The first kappa shape index (κ1) is 23.6. The number of likely N-dealkylation sites (N-methyl/N-ethyl adjacent to an activating group) is 1. The molecule has 3 atom stereocenters. The van der Waals surface area contributed by atoms with Crippen LogP contribution in [-0.2, 0) is 16.0 Å². The number of nitrogens with one attached hydrogen (secondary N) is 3. The van der Waals surface area contributed by atoms with Gasteiger partial charge in [-0.25, -0.2) is 0 Å². The lowest BCUT2D eigenvalue weighted by molar-refractivity contribution is -0.138. The number of aliphatic hydroxyl groups excluding tert-OH is 1. The molecule has 2 aromatic heterocycles. The van der Waals surface area contributed by atoms with Crippen LogP contribution in [0.3, 0.4) is 0 Å². The maximum absolute atomic E-state index is 13.1. The third-order valence-electron chi connectivity index (χ3n) is 5.75. The standard InChI is InChI=1S/C22H22Cl2N4O4S/c1-10(30)25-15(9-29)22(32)28(2)19-12-6-4-3-5-11(12)7-13(19)27-21(31)14-8-16-18(26-14)17(23)20(24)33-16/h3-6,8,13,15,19,26,29H,7,9H2,1-2H3,(H,25,30)(H,27,31)/t13-,15+,19-/m1/s1. The molecule has 0 unspecified atom stereocenters. The molecule has 2 heterocycles. The van der Waals surface area contributed by atoms with E-state index >= 15 is 0 Å². The summed E-state index contributed by atoms with van der Waals surface area (Å²) < 4.78 is 1.23. The van der Waals surface area contributed by atoms with Gasteiger partial charge < -0.3 is 25.6 Å². The summed E-state index contributed by atoms with van der Waals surface area (Å²) in [6, 6.07) is 7.37. The van der Waals surface area contributed by atoms with Gasteiger partial charge in [0.25, 0.3) is 5.91 Å². The average molecular weight is 509 g/mol. The highest BCUT2D eigenvalue weighted by atomic mass is 35.5. The number of carbonyl (C=O) groups is 3. The summed E-state index contributed by atoms with van der Waals surface area (Å²) in [5.74, 6) is -1.21. The summed E-state index contributed by atoms with van der Waals surface area (Å²) in [5, 5.41) is 15.5. The number of fused-ring (bicyclic) bond motifs is 2. The molecule has 0 fully saturated rings. The number of nitrogens with zero attached hydrogens (tertiary/aromatic N) is 1. The molecule has 0 bridgehead atoms. The molecule has 1 aromatic carbocycles. The van der Waals surface area contributed by atoms with Gasteiger partial charge in [0.1, 0.15) is 16.1 Å². The molecular weight excluding hydrogens is 487 g/mol. The Morgan fingerprint density at radius 1 is 1.30 bits per heavy atom. The molecule has 0 saturated heterocycles. The molecule has 4 rings (SSSR count). The number of halogens is 2. The Bertz CT molecular complexity index is 1240. The number of thiophene rings is 1. The predicted octanol–water partition coefficient (Wildman–Crippen LogP) is 2.89. The lowest BCUT2D eigenvalue weighted by Crippen LogP contribution is -2.52. The zero-order valence-corrected chi connectivity index (χ0v) is 20.1. The number of aromatic nitrogens is 1. The number of rotatable bonds is 6. The highest BCUT2D eigenvalue weighted by molar-refractivity contribution is 7.23. The minimum Gasteiger partial charge on any atom is -0.394 e. The molecule has 1 aliphatic rings. The summed E-state index contributed by atoms with van der Waals surface area (Å²) in [6.45, 7) is 0.751. The van der Waals surface area contributed by atoms with Crippen LogP contribution in [0.4, 0.5) is 0 Å². The maximum atomic E-state index is 13.1. The summed E-state index contributed by atoms with van der Waals surface area (Å²) >= 11 is 13.5. The zero-order valence-electron chi connectivity index (χ0n) is 17.8. The number of hydrogen-bond donors (Lipinski definition) is 4. The normalized spacial score (nSPS) is 18.1. The number of H-pyrrole nitrogens is 1. The molecule has 174 valence electrons. The lowest BCUT2D eigenvalue weighted by Gasteiger charge is -2.33. The zero-order chi connectivity index (χ0) is 23.9. The molecule has 8 nitrogen and oxygen atoms in total. The summed E-state index contributed by atoms with van der Waals surface area (Å²) in [7, 11) is 1.60. The van der Waals surface area contributed by atoms with E-state index in [-0.39, 0.29) is 5.91 Å². The van der Waals surface area contributed by atoms with Crippen LogP contribution in [-0.4, -0.2) is 58.5 Å². The second kappa shape index (κ2) is 9.34. The Hall–Kier alpha value is -2.59. The van der Waals surface area contributed by atoms with E-state index in [0.29, 0.717) is 27.0 Å². The number of aliphatic hydroxyl groups is 1. The molecule has 0 spiro atoms. The molecule has 1 aliphatic carbocycles. The predicted molar refractivity (Wildman–Crippen MR) is 128 cm³/mol. The van der Waals surface area contributed by atoms with Crippen LogP contribution in [0.15, 0.2) is 30.3 Å². The van der Waals surface area contributed by atoms with Crippen LogP contribution in [0, 0.1) is 0 Å². The van der Waals surface area contributed by atoms with Gasteiger partial charge in [0.05, 0.1) is 33.9 Å². The van der Waals surface area contributed by atoms with Crippen molar-refractivity contribution >= 4 is 62.5 Å². The van der Waals surface area contributed by atoms with E-state index in [4.69, 9.17) is 23.2 Å². The lowest BCUT2D eigenvalue weighted by atomic mass is 10.0. The smallest absolute Gasteiger partial charge is 0.268 e. The summed E-state index contributed by atoms with van der Waals surface area (Å²) in [6.07, 6.45) is 0.524. The van der Waals surface area contributed by atoms with Gasteiger partial charge in [-0.15, -0.1) is 11.3 Å². The number of aromatic amines is 1. The van der Waals surface area contributed by atoms with Gasteiger partial charge >= 0.3 is 0 Å². The molecule has 11 heteroatoms. The van der Waals surface area contributed by atoms with E-state index in [1.54, 1.807) is 13.1 Å². The molecule has 0 saturated carbocycles. The minimum atomic E-state index is -1.07. The van der Waals surface area contributed by atoms with Crippen molar-refractivity contribution in [3.63, 3.8) is 0 Å². The largest absolute Gasteiger partial charge is 0.394 e. The molecule has 33 heavy (non-hydrogen) atoms. The van der Waals surface area contributed by atoms with Gasteiger partial charge in [-0.3, -0.25) is 14.4 Å². The van der Waals surface area contributed by atoms with E-state index in [2.05, 4.69) is 15.6 Å². The monoisotopic (exact) mass is 508 g/mol. The summed E-state index contributed by atoms with van der Waals surface area (Å²) in [5.41, 5.74) is 2.86. The fourth-order valence-electron chi connectivity index (χ4n) is 4.28. The number of hydrogen-bond acceptors (Lipinski definition) is 5. The molecular formula is C22H22Cl2N4O4S.